The molecule has 2 aromatic rings. The first-order valence-corrected chi connectivity index (χ1v) is 13.0. The molecule has 1 aliphatic heterocycles. The highest BCUT2D eigenvalue weighted by atomic mass is 32.2. The van der Waals surface area contributed by atoms with Crippen molar-refractivity contribution in [1.82, 2.24) is 10.2 Å². The Morgan fingerprint density at radius 3 is 2.25 bits per heavy atom. The lowest BCUT2D eigenvalue weighted by molar-refractivity contribution is -0.121. The number of anilines is 1. The summed E-state index contributed by atoms with van der Waals surface area (Å²) in [7, 11) is -3.52. The first-order chi connectivity index (χ1) is 15.3. The highest BCUT2D eigenvalue weighted by Gasteiger charge is 2.17. The molecule has 1 N–H and O–H groups in total. The zero-order valence-electron chi connectivity index (χ0n) is 18.6. The maximum atomic E-state index is 13.1. The summed E-state index contributed by atoms with van der Waals surface area (Å²) < 4.78 is 38.5. The van der Waals surface area contributed by atoms with Gasteiger partial charge >= 0.3 is 0 Å². The van der Waals surface area contributed by atoms with Crippen LogP contribution in [0.15, 0.2) is 48.5 Å². The molecule has 1 aliphatic rings. The molecule has 1 heterocycles. The Balaban J connectivity index is 1.42. The number of sulfonamides is 1. The Morgan fingerprint density at radius 1 is 1.00 bits per heavy atom. The number of likely N-dealkylation sites (tertiary alicyclic amines) is 1. The summed E-state index contributed by atoms with van der Waals surface area (Å²) in [6.07, 6.45) is 5.55. The molecule has 8 heteroatoms. The lowest BCUT2D eigenvalue weighted by Crippen LogP contribution is -2.32. The average molecular weight is 462 g/mol. The average Bonchev–Trinajstić information content (AvgIpc) is 2.77. The monoisotopic (exact) mass is 461 g/mol. The summed E-state index contributed by atoms with van der Waals surface area (Å²) in [6, 6.07) is 13.6. The van der Waals surface area contributed by atoms with Gasteiger partial charge in [0.2, 0.25) is 15.9 Å². The molecule has 1 amide bonds. The van der Waals surface area contributed by atoms with Gasteiger partial charge in [0.05, 0.1) is 11.9 Å². The molecule has 0 aliphatic carbocycles. The SMILES string of the molecule is CS(=O)(=O)N(CCCC(=O)NCc1ccc(CN2CCCCC2)cc1)c1ccc(F)cc1. The van der Waals surface area contributed by atoms with Crippen molar-refractivity contribution in [1.29, 1.82) is 0 Å². The summed E-state index contributed by atoms with van der Waals surface area (Å²) >= 11 is 0. The van der Waals surface area contributed by atoms with Gasteiger partial charge in [-0.25, -0.2) is 12.8 Å². The fraction of sp³-hybridized carbons (Fsp3) is 0.458. The number of nitrogens with one attached hydrogen (secondary N) is 1. The molecule has 0 aromatic heterocycles. The molecule has 1 saturated heterocycles. The van der Waals surface area contributed by atoms with Gasteiger partial charge in [0, 0.05) is 26.1 Å². The highest BCUT2D eigenvalue weighted by molar-refractivity contribution is 7.92. The third-order valence-electron chi connectivity index (χ3n) is 5.65. The minimum absolute atomic E-state index is 0.130. The second-order valence-corrected chi connectivity index (χ2v) is 10.3. The third kappa shape index (κ3) is 7.60. The van der Waals surface area contributed by atoms with Crippen LogP contribution in [0, 0.1) is 5.82 Å². The van der Waals surface area contributed by atoms with Crippen LogP contribution in [-0.4, -0.2) is 45.1 Å². The van der Waals surface area contributed by atoms with Gasteiger partial charge in [0.15, 0.2) is 0 Å². The maximum Gasteiger partial charge on any atom is 0.232 e. The van der Waals surface area contributed by atoms with Gasteiger partial charge in [-0.1, -0.05) is 30.7 Å². The molecular weight excluding hydrogens is 429 g/mol. The summed E-state index contributed by atoms with van der Waals surface area (Å²) in [5, 5.41) is 2.89. The molecule has 2 aromatic carbocycles. The number of halogens is 1. The van der Waals surface area contributed by atoms with Crippen molar-refractivity contribution in [3.05, 3.63) is 65.5 Å². The standard InChI is InChI=1S/C24H32FN3O3S/c1-32(30,31)28(23-13-11-22(25)12-14-23)17-5-6-24(29)26-18-20-7-9-21(10-8-20)19-27-15-3-2-4-16-27/h7-14H,2-6,15-19H2,1H3,(H,26,29). The van der Waals surface area contributed by atoms with Crippen LogP contribution in [-0.2, 0) is 27.9 Å². The number of benzene rings is 2. The summed E-state index contributed by atoms with van der Waals surface area (Å²) in [5.74, 6) is -0.559. The van der Waals surface area contributed by atoms with E-state index in [1.54, 1.807) is 0 Å². The van der Waals surface area contributed by atoms with Crippen molar-refractivity contribution in [3.8, 4) is 0 Å². The van der Waals surface area contributed by atoms with Gasteiger partial charge in [-0.15, -0.1) is 0 Å². The molecule has 3 rings (SSSR count). The Hall–Kier alpha value is -2.45. The van der Waals surface area contributed by atoms with E-state index >= 15 is 0 Å². The van der Waals surface area contributed by atoms with Crippen LogP contribution >= 0.6 is 0 Å². The fourth-order valence-corrected chi connectivity index (χ4v) is 4.87. The van der Waals surface area contributed by atoms with Gasteiger partial charge in [-0.05, 0) is 67.7 Å². The van der Waals surface area contributed by atoms with Crippen LogP contribution in [0.5, 0.6) is 0 Å². The van der Waals surface area contributed by atoms with Crippen LogP contribution < -0.4 is 9.62 Å². The summed E-state index contributed by atoms with van der Waals surface area (Å²) in [4.78, 5) is 14.7. The Labute approximate surface area is 190 Å². The molecule has 1 fully saturated rings. The van der Waals surface area contributed by atoms with Gasteiger partial charge in [0.25, 0.3) is 0 Å². The quantitative estimate of drug-likeness (QED) is 0.586. The number of rotatable bonds is 10. The number of carbonyl (C=O) groups is 1. The smallest absolute Gasteiger partial charge is 0.232 e. The molecule has 32 heavy (non-hydrogen) atoms. The van der Waals surface area contributed by atoms with Crippen molar-refractivity contribution >= 4 is 21.6 Å². The van der Waals surface area contributed by atoms with Crippen molar-refractivity contribution in [3.63, 3.8) is 0 Å². The van der Waals surface area contributed by atoms with Crippen LogP contribution in [0.3, 0.4) is 0 Å². The number of hydrogen-bond donors (Lipinski definition) is 1. The number of nitrogens with zero attached hydrogens (tertiary/aromatic N) is 2. The van der Waals surface area contributed by atoms with Gasteiger partial charge in [0.1, 0.15) is 5.82 Å². The number of carbonyl (C=O) groups excluding carboxylic acids is 1. The van der Waals surface area contributed by atoms with E-state index in [0.717, 1.165) is 31.5 Å². The van der Waals surface area contributed by atoms with Crippen molar-refractivity contribution in [2.24, 2.45) is 0 Å². The molecule has 174 valence electrons. The zero-order chi connectivity index (χ0) is 23.0. The van der Waals surface area contributed by atoms with Gasteiger partial charge in [-0.2, -0.15) is 0 Å². The van der Waals surface area contributed by atoms with Crippen LogP contribution in [0.2, 0.25) is 0 Å². The van der Waals surface area contributed by atoms with Crippen molar-refractivity contribution in [2.75, 3.05) is 30.2 Å². The lowest BCUT2D eigenvalue weighted by Gasteiger charge is -2.26. The molecule has 6 nitrogen and oxygen atoms in total. The predicted octanol–water partition coefficient (Wildman–Crippen LogP) is 3.67. The molecular formula is C24H32FN3O3S. The Kier molecular flexibility index (Phi) is 8.64. The molecule has 0 unspecified atom stereocenters. The Bertz CT molecular complexity index is 973. The second kappa shape index (κ2) is 11.4. The molecule has 0 spiro atoms. The number of hydrogen-bond acceptors (Lipinski definition) is 4. The van der Waals surface area contributed by atoms with Gasteiger partial charge < -0.3 is 5.32 Å². The minimum atomic E-state index is -3.52. The first kappa shape index (κ1) is 24.2. The zero-order valence-corrected chi connectivity index (χ0v) is 19.4. The number of piperidine rings is 1. The highest BCUT2D eigenvalue weighted by Crippen LogP contribution is 2.19. The van der Waals surface area contributed by atoms with E-state index in [4.69, 9.17) is 0 Å². The predicted molar refractivity (Wildman–Crippen MR) is 125 cm³/mol. The summed E-state index contributed by atoms with van der Waals surface area (Å²) in [6.45, 7) is 3.89. The summed E-state index contributed by atoms with van der Waals surface area (Å²) in [5.41, 5.74) is 2.70. The maximum absolute atomic E-state index is 13.1. The fourth-order valence-electron chi connectivity index (χ4n) is 3.90. The van der Waals surface area contributed by atoms with E-state index in [1.165, 1.54) is 53.4 Å². The molecule has 0 bridgehead atoms. The second-order valence-electron chi connectivity index (χ2n) is 8.35. The van der Waals surface area contributed by atoms with E-state index in [9.17, 15) is 17.6 Å². The van der Waals surface area contributed by atoms with Crippen LogP contribution in [0.4, 0.5) is 10.1 Å². The van der Waals surface area contributed by atoms with E-state index in [-0.39, 0.29) is 18.9 Å². The normalized spacial score (nSPS) is 14.8. The van der Waals surface area contributed by atoms with E-state index in [0.29, 0.717) is 18.7 Å². The van der Waals surface area contributed by atoms with Crippen molar-refractivity contribution < 1.29 is 17.6 Å². The van der Waals surface area contributed by atoms with E-state index < -0.39 is 15.8 Å². The Morgan fingerprint density at radius 2 is 1.62 bits per heavy atom. The molecule has 0 saturated carbocycles. The third-order valence-corrected chi connectivity index (χ3v) is 6.84. The van der Waals surface area contributed by atoms with Crippen LogP contribution in [0.1, 0.15) is 43.2 Å². The van der Waals surface area contributed by atoms with Crippen molar-refractivity contribution in [2.45, 2.75) is 45.2 Å². The van der Waals surface area contributed by atoms with E-state index in [1.807, 2.05) is 12.1 Å². The van der Waals surface area contributed by atoms with E-state index in [2.05, 4.69) is 22.3 Å². The molecule has 0 radical (unpaired) electrons. The van der Waals surface area contributed by atoms with Gasteiger partial charge in [-0.3, -0.25) is 14.0 Å². The van der Waals surface area contributed by atoms with Crippen LogP contribution in [0.25, 0.3) is 0 Å². The molecule has 0 atom stereocenters. The largest absolute Gasteiger partial charge is 0.352 e. The lowest BCUT2D eigenvalue weighted by atomic mass is 10.1. The minimum Gasteiger partial charge on any atom is -0.352 e. The number of amides is 1. The first-order valence-electron chi connectivity index (χ1n) is 11.1. The topological polar surface area (TPSA) is 69.7 Å².